The van der Waals surface area contributed by atoms with Gasteiger partial charge in [-0.2, -0.15) is 0 Å². The van der Waals surface area contributed by atoms with Crippen LogP contribution in [0.2, 0.25) is 5.02 Å². The highest BCUT2D eigenvalue weighted by Gasteiger charge is 2.29. The number of pyridine rings is 1. The van der Waals surface area contributed by atoms with Gasteiger partial charge in [-0.25, -0.2) is 4.98 Å². The van der Waals surface area contributed by atoms with Crippen molar-refractivity contribution in [2.75, 3.05) is 18.0 Å². The van der Waals surface area contributed by atoms with E-state index in [1.807, 2.05) is 29.2 Å². The molecular weight excluding hydrogens is 388 g/mol. The Morgan fingerprint density at radius 1 is 1.17 bits per heavy atom. The Bertz CT molecular complexity index is 1100. The van der Waals surface area contributed by atoms with Gasteiger partial charge >= 0.3 is 0 Å². The number of Topliss-reactive ketones (excluding diaryl/α,β-unsaturated/α-hetero) is 1. The maximum atomic E-state index is 13.0. The highest BCUT2D eigenvalue weighted by Crippen LogP contribution is 2.27. The van der Waals surface area contributed by atoms with Gasteiger partial charge in [0.25, 0.3) is 5.56 Å². The van der Waals surface area contributed by atoms with Crippen molar-refractivity contribution in [2.24, 2.45) is 13.0 Å². The Balaban J connectivity index is 1.65. The minimum atomic E-state index is -0.190. The fraction of sp³-hybridized carbons (Fsp3) is 0.273. The molecule has 1 unspecified atom stereocenters. The lowest BCUT2D eigenvalue weighted by molar-refractivity contribution is 0.0907. The summed E-state index contributed by atoms with van der Waals surface area (Å²) in [6.45, 7) is 1.25. The largest absolute Gasteiger partial charge is 0.341 e. The highest BCUT2D eigenvalue weighted by atomic mass is 35.5. The zero-order valence-electron chi connectivity index (χ0n) is 16.1. The standard InChI is InChI=1S/C22H21ClN4O2/c1-26-20(28)13-19(15-8-10-24-11-9-15)25-22(26)27-12-4-5-16(14-27)21(29)17-6-2-3-7-18(17)23/h2-3,6-11,13,16H,4-5,12,14H2,1H3. The first kappa shape index (κ1) is 19.3. The van der Waals surface area contributed by atoms with Gasteiger partial charge < -0.3 is 4.90 Å². The number of nitrogens with zero attached hydrogens (tertiary/aromatic N) is 4. The molecule has 0 saturated carbocycles. The van der Waals surface area contributed by atoms with Crippen molar-refractivity contribution < 1.29 is 4.79 Å². The van der Waals surface area contributed by atoms with Crippen molar-refractivity contribution in [3.63, 3.8) is 0 Å². The number of aromatic nitrogens is 3. The second-order valence-electron chi connectivity index (χ2n) is 7.20. The third-order valence-corrected chi connectivity index (χ3v) is 5.63. The molecule has 0 aliphatic carbocycles. The van der Waals surface area contributed by atoms with Crippen molar-refractivity contribution in [3.8, 4) is 11.3 Å². The van der Waals surface area contributed by atoms with Crippen LogP contribution in [0.25, 0.3) is 11.3 Å². The molecule has 1 atom stereocenters. The minimum Gasteiger partial charge on any atom is -0.341 e. The summed E-state index contributed by atoms with van der Waals surface area (Å²) in [6, 6.07) is 12.3. The number of benzene rings is 1. The predicted molar refractivity (Wildman–Crippen MR) is 113 cm³/mol. The lowest BCUT2D eigenvalue weighted by Crippen LogP contribution is -2.42. The molecule has 0 amide bonds. The number of ketones is 1. The van der Waals surface area contributed by atoms with Crippen LogP contribution in [0.3, 0.4) is 0 Å². The Hall–Kier alpha value is -2.99. The number of carbonyl (C=O) groups is 1. The molecule has 4 rings (SSSR count). The van der Waals surface area contributed by atoms with Crippen LogP contribution in [0.4, 0.5) is 5.95 Å². The number of hydrogen-bond donors (Lipinski definition) is 0. The molecule has 1 aromatic carbocycles. The molecule has 0 N–H and O–H groups in total. The molecule has 3 aromatic rings. The summed E-state index contributed by atoms with van der Waals surface area (Å²) >= 11 is 6.23. The predicted octanol–water partition coefficient (Wildman–Crippen LogP) is 3.60. The van der Waals surface area contributed by atoms with E-state index in [2.05, 4.69) is 4.98 Å². The molecule has 29 heavy (non-hydrogen) atoms. The number of anilines is 1. The zero-order valence-corrected chi connectivity index (χ0v) is 16.8. The SMILES string of the molecule is Cn1c(N2CCCC(C(=O)c3ccccc3Cl)C2)nc(-c2ccncc2)cc1=O. The summed E-state index contributed by atoms with van der Waals surface area (Å²) in [7, 11) is 1.71. The minimum absolute atomic E-state index is 0.0376. The molecule has 7 heteroatoms. The fourth-order valence-corrected chi connectivity index (χ4v) is 3.96. The van der Waals surface area contributed by atoms with E-state index >= 15 is 0 Å². The second-order valence-corrected chi connectivity index (χ2v) is 7.61. The van der Waals surface area contributed by atoms with E-state index in [9.17, 15) is 9.59 Å². The maximum absolute atomic E-state index is 13.0. The first-order chi connectivity index (χ1) is 14.0. The number of carbonyl (C=O) groups excluding carboxylic acids is 1. The van der Waals surface area contributed by atoms with E-state index in [4.69, 9.17) is 16.6 Å². The first-order valence-corrected chi connectivity index (χ1v) is 9.94. The van der Waals surface area contributed by atoms with Gasteiger partial charge in [-0.15, -0.1) is 0 Å². The quantitative estimate of drug-likeness (QED) is 0.617. The third-order valence-electron chi connectivity index (χ3n) is 5.30. The molecule has 3 heterocycles. The van der Waals surface area contributed by atoms with Gasteiger partial charge in [-0.1, -0.05) is 23.7 Å². The van der Waals surface area contributed by atoms with E-state index in [-0.39, 0.29) is 17.3 Å². The van der Waals surface area contributed by atoms with Crippen molar-refractivity contribution in [1.29, 1.82) is 0 Å². The van der Waals surface area contributed by atoms with Gasteiger partial charge in [0, 0.05) is 55.6 Å². The van der Waals surface area contributed by atoms with Gasteiger partial charge in [0.1, 0.15) is 0 Å². The van der Waals surface area contributed by atoms with Gasteiger partial charge in [-0.05, 0) is 37.1 Å². The van der Waals surface area contributed by atoms with Gasteiger partial charge in [0.2, 0.25) is 5.95 Å². The monoisotopic (exact) mass is 408 g/mol. The maximum Gasteiger partial charge on any atom is 0.255 e. The Morgan fingerprint density at radius 2 is 1.93 bits per heavy atom. The number of halogens is 1. The molecule has 0 spiro atoms. The van der Waals surface area contributed by atoms with Crippen molar-refractivity contribution >= 4 is 23.3 Å². The molecule has 6 nitrogen and oxygen atoms in total. The van der Waals surface area contributed by atoms with Crippen LogP contribution in [0, 0.1) is 5.92 Å². The van der Waals surface area contributed by atoms with Crippen LogP contribution in [0.5, 0.6) is 0 Å². The van der Waals surface area contributed by atoms with Crippen LogP contribution < -0.4 is 10.5 Å². The van der Waals surface area contributed by atoms with Crippen LogP contribution >= 0.6 is 11.6 Å². The van der Waals surface area contributed by atoms with Crippen LogP contribution in [0.1, 0.15) is 23.2 Å². The summed E-state index contributed by atoms with van der Waals surface area (Å²) in [5, 5.41) is 0.472. The molecule has 1 aliphatic rings. The highest BCUT2D eigenvalue weighted by molar-refractivity contribution is 6.34. The normalized spacial score (nSPS) is 16.6. The van der Waals surface area contributed by atoms with E-state index in [0.29, 0.717) is 28.8 Å². The van der Waals surface area contributed by atoms with Crippen LogP contribution in [-0.4, -0.2) is 33.4 Å². The number of rotatable bonds is 4. The molecule has 148 valence electrons. The van der Waals surface area contributed by atoms with Crippen molar-refractivity contribution in [2.45, 2.75) is 12.8 Å². The average molecular weight is 409 g/mol. The van der Waals surface area contributed by atoms with E-state index in [1.54, 1.807) is 31.6 Å². The smallest absolute Gasteiger partial charge is 0.255 e. The lowest BCUT2D eigenvalue weighted by atomic mass is 9.90. The van der Waals surface area contributed by atoms with E-state index in [0.717, 1.165) is 24.9 Å². The summed E-state index contributed by atoms with van der Waals surface area (Å²) < 4.78 is 1.53. The second kappa shape index (κ2) is 8.17. The van der Waals surface area contributed by atoms with E-state index in [1.165, 1.54) is 10.6 Å². The van der Waals surface area contributed by atoms with Crippen LogP contribution in [0.15, 0.2) is 59.7 Å². The Morgan fingerprint density at radius 3 is 2.69 bits per heavy atom. The summed E-state index contributed by atoms with van der Waals surface area (Å²) in [6.07, 6.45) is 4.98. The molecule has 1 aliphatic heterocycles. The summed E-state index contributed by atoms with van der Waals surface area (Å²) in [5.74, 6) is 0.418. The molecular formula is C22H21ClN4O2. The molecule has 0 bridgehead atoms. The van der Waals surface area contributed by atoms with E-state index < -0.39 is 0 Å². The molecule has 2 aromatic heterocycles. The first-order valence-electron chi connectivity index (χ1n) is 9.57. The van der Waals surface area contributed by atoms with Crippen molar-refractivity contribution in [1.82, 2.24) is 14.5 Å². The number of piperidine rings is 1. The topological polar surface area (TPSA) is 68.1 Å². The third kappa shape index (κ3) is 3.93. The Labute approximate surface area is 173 Å². The molecule has 0 radical (unpaired) electrons. The summed E-state index contributed by atoms with van der Waals surface area (Å²) in [4.78, 5) is 36.4. The van der Waals surface area contributed by atoms with Crippen molar-refractivity contribution in [3.05, 3.63) is 75.8 Å². The van der Waals surface area contributed by atoms with Gasteiger partial charge in [-0.3, -0.25) is 19.1 Å². The Kier molecular flexibility index (Phi) is 5.45. The fourth-order valence-electron chi connectivity index (χ4n) is 3.73. The van der Waals surface area contributed by atoms with Crippen LogP contribution in [-0.2, 0) is 7.05 Å². The lowest BCUT2D eigenvalue weighted by Gasteiger charge is -2.33. The van der Waals surface area contributed by atoms with Gasteiger partial charge in [0.05, 0.1) is 10.7 Å². The number of hydrogen-bond acceptors (Lipinski definition) is 5. The van der Waals surface area contributed by atoms with Gasteiger partial charge in [0.15, 0.2) is 5.78 Å². The zero-order chi connectivity index (χ0) is 20.4. The molecule has 1 fully saturated rings. The molecule has 1 saturated heterocycles. The average Bonchev–Trinajstić information content (AvgIpc) is 2.76. The summed E-state index contributed by atoms with van der Waals surface area (Å²) in [5.41, 5.74) is 1.85.